The van der Waals surface area contributed by atoms with Crippen molar-refractivity contribution in [1.82, 2.24) is 19.8 Å². The van der Waals surface area contributed by atoms with E-state index in [0.717, 1.165) is 23.8 Å². The van der Waals surface area contributed by atoms with E-state index < -0.39 is 27.1 Å². The number of non-ortho nitro benzene ring substituents is 2. The van der Waals surface area contributed by atoms with Gasteiger partial charge in [-0.15, -0.1) is 10.2 Å². The molecule has 0 bridgehead atoms. The number of hydrogen-bond acceptors (Lipinski definition) is 8. The van der Waals surface area contributed by atoms with Gasteiger partial charge in [-0.2, -0.15) is 9.61 Å². The van der Waals surface area contributed by atoms with E-state index in [2.05, 4.69) is 20.6 Å². The van der Waals surface area contributed by atoms with Crippen molar-refractivity contribution >= 4 is 28.6 Å². The Labute approximate surface area is 167 Å². The molecule has 2 heterocycles. The molecule has 0 spiro atoms. The van der Waals surface area contributed by atoms with Crippen LogP contribution in [-0.2, 0) is 0 Å². The van der Waals surface area contributed by atoms with Crippen molar-refractivity contribution < 1.29 is 14.6 Å². The Morgan fingerprint density at radius 3 is 2.23 bits per heavy atom. The summed E-state index contributed by atoms with van der Waals surface area (Å²) < 4.78 is 1.53. The summed E-state index contributed by atoms with van der Waals surface area (Å²) >= 11 is 0. The van der Waals surface area contributed by atoms with Gasteiger partial charge in [0.05, 0.1) is 27.2 Å². The van der Waals surface area contributed by atoms with Crippen LogP contribution in [0.15, 0.2) is 60.9 Å². The van der Waals surface area contributed by atoms with E-state index in [9.17, 15) is 25.0 Å². The second-order valence-electron chi connectivity index (χ2n) is 6.14. The van der Waals surface area contributed by atoms with Crippen LogP contribution in [0, 0.1) is 20.2 Å². The minimum absolute atomic E-state index is 0.195. The number of aromatic nitrogens is 4. The van der Waals surface area contributed by atoms with Crippen LogP contribution in [0.2, 0.25) is 0 Å². The standard InChI is InChI=1S/C18H11N7O5/c26-18(12-7-14(24(27)28)9-15(8-12)25(29)30)20-13-3-1-11(2-4-13)16-5-6-17-21-19-10-23(17)22-16/h1-10H,(H,20,26). The lowest BCUT2D eigenvalue weighted by Crippen LogP contribution is -2.12. The Morgan fingerprint density at radius 1 is 0.933 bits per heavy atom. The van der Waals surface area contributed by atoms with Gasteiger partial charge in [0.1, 0.15) is 6.33 Å². The number of fused-ring (bicyclic) bond motifs is 1. The molecule has 30 heavy (non-hydrogen) atoms. The molecule has 12 nitrogen and oxygen atoms in total. The second kappa shape index (κ2) is 7.35. The number of amides is 1. The molecule has 0 radical (unpaired) electrons. The fraction of sp³-hybridized carbons (Fsp3) is 0. The molecule has 12 heteroatoms. The summed E-state index contributed by atoms with van der Waals surface area (Å²) in [6.45, 7) is 0. The molecular formula is C18H11N7O5. The van der Waals surface area contributed by atoms with Gasteiger partial charge in [-0.05, 0) is 24.3 Å². The zero-order valence-corrected chi connectivity index (χ0v) is 15.0. The van der Waals surface area contributed by atoms with Gasteiger partial charge in [0.15, 0.2) is 5.65 Å². The Kier molecular flexibility index (Phi) is 4.56. The number of benzene rings is 2. The first-order valence-electron chi connectivity index (χ1n) is 8.43. The van der Waals surface area contributed by atoms with Crippen molar-refractivity contribution in [3.63, 3.8) is 0 Å². The maximum atomic E-state index is 12.4. The topological polar surface area (TPSA) is 158 Å². The first-order valence-corrected chi connectivity index (χ1v) is 8.43. The summed E-state index contributed by atoms with van der Waals surface area (Å²) in [6, 6.07) is 13.0. The van der Waals surface area contributed by atoms with Crippen LogP contribution >= 0.6 is 0 Å². The van der Waals surface area contributed by atoms with E-state index in [-0.39, 0.29) is 5.56 Å². The summed E-state index contributed by atoms with van der Waals surface area (Å²) in [5.41, 5.74) is 1.17. The van der Waals surface area contributed by atoms with E-state index in [4.69, 9.17) is 0 Å². The number of nitro benzene ring substituents is 2. The Bertz CT molecular complexity index is 1270. The van der Waals surface area contributed by atoms with Crippen LogP contribution in [0.4, 0.5) is 17.1 Å². The molecule has 0 saturated heterocycles. The zero-order valence-electron chi connectivity index (χ0n) is 15.0. The highest BCUT2D eigenvalue weighted by Gasteiger charge is 2.20. The predicted octanol–water partition coefficient (Wildman–Crippen LogP) is 2.86. The van der Waals surface area contributed by atoms with Gasteiger partial charge in [0.25, 0.3) is 17.3 Å². The highest BCUT2D eigenvalue weighted by Crippen LogP contribution is 2.24. The molecule has 0 saturated carbocycles. The Hall–Kier alpha value is -4.74. The molecule has 1 amide bonds. The second-order valence-corrected chi connectivity index (χ2v) is 6.14. The molecule has 148 valence electrons. The third-order valence-electron chi connectivity index (χ3n) is 4.19. The van der Waals surface area contributed by atoms with Crippen molar-refractivity contribution in [3.05, 3.63) is 86.7 Å². The molecule has 4 aromatic rings. The average Bonchev–Trinajstić information content (AvgIpc) is 3.21. The number of carbonyl (C=O) groups is 1. The van der Waals surface area contributed by atoms with E-state index in [1.54, 1.807) is 36.4 Å². The molecule has 1 N–H and O–H groups in total. The molecule has 4 rings (SSSR count). The van der Waals surface area contributed by atoms with Gasteiger partial charge in [0.2, 0.25) is 0 Å². The number of nitro groups is 2. The molecule has 0 aliphatic rings. The maximum absolute atomic E-state index is 12.4. The van der Waals surface area contributed by atoms with Crippen LogP contribution in [0.25, 0.3) is 16.9 Å². The summed E-state index contributed by atoms with van der Waals surface area (Å²) in [7, 11) is 0. The van der Waals surface area contributed by atoms with Crippen LogP contribution in [0.3, 0.4) is 0 Å². The van der Waals surface area contributed by atoms with Gasteiger partial charge in [-0.25, -0.2) is 0 Å². The molecule has 0 fully saturated rings. The molecule has 2 aromatic heterocycles. The summed E-state index contributed by atoms with van der Waals surface area (Å²) in [6.07, 6.45) is 1.48. The van der Waals surface area contributed by atoms with Crippen molar-refractivity contribution in [2.45, 2.75) is 0 Å². The predicted molar refractivity (Wildman–Crippen MR) is 104 cm³/mol. The summed E-state index contributed by atoms with van der Waals surface area (Å²) in [5.74, 6) is -0.710. The van der Waals surface area contributed by atoms with Gasteiger partial charge in [-0.3, -0.25) is 25.0 Å². The van der Waals surface area contributed by atoms with Crippen molar-refractivity contribution in [3.8, 4) is 11.3 Å². The molecule has 0 aliphatic carbocycles. The van der Waals surface area contributed by atoms with Gasteiger partial charge in [0, 0.05) is 23.4 Å². The van der Waals surface area contributed by atoms with Crippen LogP contribution in [-0.4, -0.2) is 35.6 Å². The molecule has 0 atom stereocenters. The average molecular weight is 405 g/mol. The van der Waals surface area contributed by atoms with Gasteiger partial charge >= 0.3 is 0 Å². The lowest BCUT2D eigenvalue weighted by Gasteiger charge is -2.07. The van der Waals surface area contributed by atoms with Crippen molar-refractivity contribution in [2.24, 2.45) is 0 Å². The normalized spacial score (nSPS) is 10.7. The van der Waals surface area contributed by atoms with E-state index in [1.807, 2.05) is 0 Å². The number of anilines is 1. The minimum atomic E-state index is -0.793. The minimum Gasteiger partial charge on any atom is -0.322 e. The third kappa shape index (κ3) is 3.64. The fourth-order valence-corrected chi connectivity index (χ4v) is 2.75. The van der Waals surface area contributed by atoms with E-state index in [0.29, 0.717) is 17.0 Å². The van der Waals surface area contributed by atoms with Crippen molar-refractivity contribution in [2.75, 3.05) is 5.32 Å². The Balaban J connectivity index is 1.56. The van der Waals surface area contributed by atoms with Crippen molar-refractivity contribution in [1.29, 1.82) is 0 Å². The highest BCUT2D eigenvalue weighted by molar-refractivity contribution is 6.05. The number of hydrogen-bond donors (Lipinski definition) is 1. The van der Waals surface area contributed by atoms with Crippen LogP contribution in [0.1, 0.15) is 10.4 Å². The number of rotatable bonds is 5. The zero-order chi connectivity index (χ0) is 21.3. The van der Waals surface area contributed by atoms with Gasteiger partial charge < -0.3 is 5.32 Å². The SMILES string of the molecule is O=C(Nc1ccc(-c2ccc3nncn3n2)cc1)c1cc([N+](=O)[O-])cc([N+](=O)[O-])c1. The number of carbonyl (C=O) groups excluding carboxylic acids is 1. The highest BCUT2D eigenvalue weighted by atomic mass is 16.6. The fourth-order valence-electron chi connectivity index (χ4n) is 2.75. The quantitative estimate of drug-likeness (QED) is 0.392. The number of nitrogens with zero attached hydrogens (tertiary/aromatic N) is 6. The maximum Gasteiger partial charge on any atom is 0.277 e. The summed E-state index contributed by atoms with van der Waals surface area (Å²) in [4.78, 5) is 32.8. The molecule has 0 aliphatic heterocycles. The lowest BCUT2D eigenvalue weighted by atomic mass is 10.1. The third-order valence-corrected chi connectivity index (χ3v) is 4.19. The molecule has 0 unspecified atom stereocenters. The van der Waals surface area contributed by atoms with Crippen LogP contribution in [0.5, 0.6) is 0 Å². The molecule has 2 aromatic carbocycles. The molecular weight excluding hydrogens is 394 g/mol. The first kappa shape index (κ1) is 18.6. The van der Waals surface area contributed by atoms with E-state index >= 15 is 0 Å². The monoisotopic (exact) mass is 405 g/mol. The Morgan fingerprint density at radius 2 is 1.60 bits per heavy atom. The van der Waals surface area contributed by atoms with Gasteiger partial charge in [-0.1, -0.05) is 12.1 Å². The largest absolute Gasteiger partial charge is 0.322 e. The van der Waals surface area contributed by atoms with E-state index in [1.165, 1.54) is 10.8 Å². The first-order chi connectivity index (χ1) is 14.4. The number of nitrogens with one attached hydrogen (secondary N) is 1. The summed E-state index contributed by atoms with van der Waals surface area (Å²) in [5, 5.41) is 36.5. The lowest BCUT2D eigenvalue weighted by molar-refractivity contribution is -0.394. The van der Waals surface area contributed by atoms with Crippen LogP contribution < -0.4 is 5.32 Å². The smallest absolute Gasteiger partial charge is 0.277 e.